The van der Waals surface area contributed by atoms with Crippen LogP contribution in [-0.4, -0.2) is 18.4 Å². The van der Waals surface area contributed by atoms with E-state index in [2.05, 4.69) is 5.32 Å². The minimum absolute atomic E-state index is 0.0531. The van der Waals surface area contributed by atoms with Crippen LogP contribution < -0.4 is 10.2 Å². The molecular formula is C25H26F3N3O2. The third-order valence-corrected chi connectivity index (χ3v) is 5.16. The lowest BCUT2D eigenvalue weighted by molar-refractivity contribution is -0.137. The molecule has 2 aromatic carbocycles. The molecule has 0 spiro atoms. The van der Waals surface area contributed by atoms with Crippen molar-refractivity contribution in [2.75, 3.05) is 11.4 Å². The van der Waals surface area contributed by atoms with Gasteiger partial charge >= 0.3 is 6.18 Å². The number of allylic oxidation sites excluding steroid dienone is 1. The molecule has 2 aromatic rings. The number of hydrogen-bond donors (Lipinski definition) is 1. The Morgan fingerprint density at radius 2 is 1.82 bits per heavy atom. The molecule has 0 radical (unpaired) electrons. The van der Waals surface area contributed by atoms with Gasteiger partial charge in [-0.15, -0.1) is 0 Å². The number of benzene rings is 2. The average Bonchev–Trinajstić information content (AvgIpc) is 2.80. The van der Waals surface area contributed by atoms with E-state index >= 15 is 0 Å². The number of halogens is 3. The highest BCUT2D eigenvalue weighted by molar-refractivity contribution is 6.05. The zero-order chi connectivity index (χ0) is 24.8. The molecule has 5 nitrogen and oxygen atoms in total. The smallest absolute Gasteiger partial charge is 0.353 e. The lowest BCUT2D eigenvalue weighted by atomic mass is 9.82. The minimum atomic E-state index is -4.56. The van der Waals surface area contributed by atoms with Crippen molar-refractivity contribution < 1.29 is 22.8 Å². The van der Waals surface area contributed by atoms with E-state index in [1.807, 2.05) is 19.9 Å². The molecule has 1 unspecified atom stereocenters. The Labute approximate surface area is 191 Å². The second-order valence-corrected chi connectivity index (χ2v) is 7.13. The zero-order valence-electron chi connectivity index (χ0n) is 19.0. The summed E-state index contributed by atoms with van der Waals surface area (Å²) >= 11 is 0. The fourth-order valence-electron chi connectivity index (χ4n) is 3.74. The van der Waals surface area contributed by atoms with E-state index in [-0.39, 0.29) is 23.7 Å². The second kappa shape index (κ2) is 10.8. The molecule has 0 bridgehead atoms. The SMILES string of the molecule is CC.CCNC(=O)C1=C(C)N(c2cccc(C(F)(F)F)c2)C(=O)CC1c1ccc(C#N)cc1. The van der Waals surface area contributed by atoms with Crippen LogP contribution in [0.5, 0.6) is 0 Å². The zero-order valence-corrected chi connectivity index (χ0v) is 19.0. The molecular weight excluding hydrogens is 431 g/mol. The van der Waals surface area contributed by atoms with Gasteiger partial charge < -0.3 is 5.32 Å². The minimum Gasteiger partial charge on any atom is -0.353 e. The van der Waals surface area contributed by atoms with E-state index in [0.717, 1.165) is 12.1 Å². The highest BCUT2D eigenvalue weighted by Crippen LogP contribution is 2.40. The van der Waals surface area contributed by atoms with Crippen molar-refractivity contribution in [3.8, 4) is 6.07 Å². The summed E-state index contributed by atoms with van der Waals surface area (Å²) in [6.45, 7) is 7.66. The Morgan fingerprint density at radius 3 is 2.36 bits per heavy atom. The maximum Gasteiger partial charge on any atom is 0.416 e. The van der Waals surface area contributed by atoms with E-state index in [1.54, 1.807) is 38.1 Å². The quantitative estimate of drug-likeness (QED) is 0.656. The number of rotatable bonds is 4. The van der Waals surface area contributed by atoms with Gasteiger partial charge in [-0.1, -0.05) is 32.0 Å². The van der Waals surface area contributed by atoms with Gasteiger partial charge in [-0.05, 0) is 49.7 Å². The Bertz CT molecular complexity index is 1080. The molecule has 1 atom stereocenters. The van der Waals surface area contributed by atoms with Gasteiger partial charge in [-0.3, -0.25) is 14.5 Å². The molecule has 33 heavy (non-hydrogen) atoms. The number of nitrogens with zero attached hydrogens (tertiary/aromatic N) is 2. The molecule has 0 saturated heterocycles. The van der Waals surface area contributed by atoms with E-state index in [0.29, 0.717) is 23.2 Å². The van der Waals surface area contributed by atoms with Crippen molar-refractivity contribution in [1.29, 1.82) is 5.26 Å². The van der Waals surface area contributed by atoms with Gasteiger partial charge in [0.2, 0.25) is 11.8 Å². The lowest BCUT2D eigenvalue weighted by Crippen LogP contribution is -2.41. The number of nitrogens with one attached hydrogen (secondary N) is 1. The molecule has 0 fully saturated rings. The maximum atomic E-state index is 13.2. The number of carbonyl (C=O) groups is 2. The summed E-state index contributed by atoms with van der Waals surface area (Å²) in [5.74, 6) is -1.38. The Hall–Kier alpha value is -3.60. The van der Waals surface area contributed by atoms with Gasteiger partial charge in [0.25, 0.3) is 0 Å². The van der Waals surface area contributed by atoms with Crippen LogP contribution >= 0.6 is 0 Å². The van der Waals surface area contributed by atoms with E-state index in [1.165, 1.54) is 17.0 Å². The fourth-order valence-corrected chi connectivity index (χ4v) is 3.74. The van der Waals surface area contributed by atoms with Crippen LogP contribution in [0, 0.1) is 11.3 Å². The highest BCUT2D eigenvalue weighted by atomic mass is 19.4. The molecule has 0 aliphatic carbocycles. The van der Waals surface area contributed by atoms with Crippen LogP contribution in [0.25, 0.3) is 0 Å². The standard InChI is InChI=1S/C23H20F3N3O2.C2H6/c1-3-28-22(31)21-14(2)29(18-6-4-5-17(11-18)23(24,25)26)20(30)12-19(21)16-9-7-15(13-27)8-10-16;1-2/h4-11,19H,3,12H2,1-2H3,(H,28,31);1-2H3. The third kappa shape index (κ3) is 5.61. The summed E-state index contributed by atoms with van der Waals surface area (Å²) in [6.07, 6.45) is -4.65. The maximum absolute atomic E-state index is 13.2. The highest BCUT2D eigenvalue weighted by Gasteiger charge is 2.38. The molecule has 0 saturated carbocycles. The molecule has 1 aliphatic rings. The molecule has 174 valence electrons. The Kier molecular flexibility index (Phi) is 8.41. The number of nitriles is 1. The van der Waals surface area contributed by atoms with Crippen LogP contribution in [0.15, 0.2) is 59.8 Å². The van der Waals surface area contributed by atoms with Gasteiger partial charge in [0, 0.05) is 35.8 Å². The predicted octanol–water partition coefficient (Wildman–Crippen LogP) is 5.53. The van der Waals surface area contributed by atoms with E-state index < -0.39 is 23.6 Å². The number of anilines is 1. The van der Waals surface area contributed by atoms with Crippen molar-refractivity contribution in [2.45, 2.75) is 46.2 Å². The first kappa shape index (κ1) is 25.7. The van der Waals surface area contributed by atoms with Crippen molar-refractivity contribution in [2.24, 2.45) is 0 Å². The number of likely N-dealkylation sites (N-methyl/N-ethyl adjacent to an activating group) is 1. The van der Waals surface area contributed by atoms with Gasteiger partial charge in [0.1, 0.15) is 0 Å². The van der Waals surface area contributed by atoms with Gasteiger partial charge in [0.15, 0.2) is 0 Å². The number of alkyl halides is 3. The molecule has 1 N–H and O–H groups in total. The molecule has 0 aromatic heterocycles. The first-order chi connectivity index (χ1) is 15.7. The van der Waals surface area contributed by atoms with Gasteiger partial charge in [-0.2, -0.15) is 18.4 Å². The molecule has 1 aliphatic heterocycles. The fraction of sp³-hybridized carbons (Fsp3) is 0.320. The molecule has 8 heteroatoms. The van der Waals surface area contributed by atoms with Gasteiger partial charge in [-0.25, -0.2) is 0 Å². The monoisotopic (exact) mass is 457 g/mol. The van der Waals surface area contributed by atoms with Crippen LogP contribution in [0.3, 0.4) is 0 Å². The first-order valence-corrected chi connectivity index (χ1v) is 10.7. The lowest BCUT2D eigenvalue weighted by Gasteiger charge is -2.35. The average molecular weight is 457 g/mol. The van der Waals surface area contributed by atoms with Crippen LogP contribution in [0.1, 0.15) is 56.7 Å². The summed E-state index contributed by atoms with van der Waals surface area (Å²) in [7, 11) is 0. The van der Waals surface area contributed by atoms with Crippen LogP contribution in [-0.2, 0) is 15.8 Å². The number of carbonyl (C=O) groups excluding carboxylic acids is 2. The summed E-state index contributed by atoms with van der Waals surface area (Å²) < 4.78 is 39.5. The van der Waals surface area contributed by atoms with E-state index in [4.69, 9.17) is 5.26 Å². The summed E-state index contributed by atoms with van der Waals surface area (Å²) in [4.78, 5) is 27.1. The van der Waals surface area contributed by atoms with Gasteiger partial charge in [0.05, 0.1) is 17.2 Å². The van der Waals surface area contributed by atoms with Crippen molar-refractivity contribution in [3.05, 3.63) is 76.5 Å². The topological polar surface area (TPSA) is 73.2 Å². The Balaban J connectivity index is 0.00000187. The molecule has 2 amide bonds. The Morgan fingerprint density at radius 1 is 1.18 bits per heavy atom. The summed E-state index contributed by atoms with van der Waals surface area (Å²) in [5.41, 5.74) is 0.879. The molecule has 3 rings (SSSR count). The first-order valence-electron chi connectivity index (χ1n) is 10.7. The third-order valence-electron chi connectivity index (χ3n) is 5.16. The largest absolute Gasteiger partial charge is 0.416 e. The normalized spacial score (nSPS) is 16.0. The van der Waals surface area contributed by atoms with Crippen molar-refractivity contribution >= 4 is 17.5 Å². The summed E-state index contributed by atoms with van der Waals surface area (Å²) in [6, 6.07) is 13.1. The van der Waals surface area contributed by atoms with Crippen molar-refractivity contribution in [1.82, 2.24) is 5.32 Å². The van der Waals surface area contributed by atoms with Crippen LogP contribution in [0.2, 0.25) is 0 Å². The van der Waals surface area contributed by atoms with Crippen molar-refractivity contribution in [3.63, 3.8) is 0 Å². The predicted molar refractivity (Wildman–Crippen MR) is 120 cm³/mol. The number of hydrogen-bond acceptors (Lipinski definition) is 3. The van der Waals surface area contributed by atoms with E-state index in [9.17, 15) is 22.8 Å². The molecule has 1 heterocycles. The second-order valence-electron chi connectivity index (χ2n) is 7.13. The number of amides is 2. The van der Waals surface area contributed by atoms with Crippen LogP contribution in [0.4, 0.5) is 18.9 Å². The summed E-state index contributed by atoms with van der Waals surface area (Å²) in [5, 5.41) is 11.7.